The number of aliphatic hydroxyl groups excluding tert-OH is 6. The van der Waals surface area contributed by atoms with E-state index in [1.165, 1.54) is 48.5 Å². The Labute approximate surface area is 280 Å². The Morgan fingerprint density at radius 1 is 0.612 bits per heavy atom. The molecule has 4 aromatic rings. The summed E-state index contributed by atoms with van der Waals surface area (Å²) in [6, 6.07) is 11.3. The van der Waals surface area contributed by atoms with Gasteiger partial charge in [-0.05, 0) is 36.4 Å². The molecule has 0 bridgehead atoms. The lowest BCUT2D eigenvalue weighted by atomic mass is 9.99. The SMILES string of the molecule is O=c1oc2cc(O)ccc2cc1CO[C@H]1[C@@H](O)[C@@H](CO)O[C@@H](S[C@@H]2O[C@H](CO)[C@H](O)[C@H](OCc3cc4ccc(O)cc4oc3=O)[C@H]2O)[C@@H]1O. The Hall–Kier alpha value is -3.59. The van der Waals surface area contributed by atoms with Crippen LogP contribution in [0.5, 0.6) is 11.5 Å². The molecule has 0 amide bonds. The van der Waals surface area contributed by atoms with Crippen LogP contribution >= 0.6 is 11.8 Å². The lowest BCUT2D eigenvalue weighted by molar-refractivity contribution is -0.231. The van der Waals surface area contributed by atoms with Crippen molar-refractivity contribution in [2.24, 2.45) is 0 Å². The van der Waals surface area contributed by atoms with Crippen LogP contribution in [-0.2, 0) is 32.2 Å². The second-order valence-electron chi connectivity index (χ2n) is 11.7. The lowest BCUT2D eigenvalue weighted by Gasteiger charge is -2.46. The standard InChI is InChI=1S/C32H34O16S/c33-9-21-23(37)27(43-11-15-5-13-1-3-17(35)7-19(13)45-29(15)41)25(39)31(47-21)49-32-26(40)28(24(38)22(10-34)48-32)44-12-16-6-14-2-4-18(36)8-20(14)46-30(16)42/h1-8,21-28,31-40H,9-12H2/t21-,22-,23+,24+,25-,26-,27+,28+,31+,32+/m1/s1. The van der Waals surface area contributed by atoms with Gasteiger partial charge in [-0.15, -0.1) is 0 Å². The number of benzene rings is 2. The fourth-order valence-electron chi connectivity index (χ4n) is 5.72. The number of thioether (sulfide) groups is 1. The molecule has 0 saturated carbocycles. The van der Waals surface area contributed by atoms with Crippen molar-refractivity contribution in [3.63, 3.8) is 0 Å². The highest BCUT2D eigenvalue weighted by Gasteiger charge is 2.51. The van der Waals surface area contributed by atoms with Crippen LogP contribution in [0.1, 0.15) is 11.1 Å². The number of aromatic hydroxyl groups is 2. The van der Waals surface area contributed by atoms with Crippen LogP contribution in [0.25, 0.3) is 21.9 Å². The number of ether oxygens (including phenoxy) is 4. The van der Waals surface area contributed by atoms with Crippen molar-refractivity contribution in [2.45, 2.75) is 72.9 Å². The summed E-state index contributed by atoms with van der Waals surface area (Å²) in [6.45, 7) is -2.24. The molecule has 0 spiro atoms. The van der Waals surface area contributed by atoms with Gasteiger partial charge < -0.3 is 68.6 Å². The summed E-state index contributed by atoms with van der Waals surface area (Å²) in [5, 5.41) is 84.3. The molecule has 16 nitrogen and oxygen atoms in total. The van der Waals surface area contributed by atoms with Crippen molar-refractivity contribution >= 4 is 33.7 Å². The molecule has 49 heavy (non-hydrogen) atoms. The molecule has 8 N–H and O–H groups in total. The molecule has 2 aliphatic rings. The Balaban J connectivity index is 1.17. The minimum atomic E-state index is -1.62. The molecule has 4 heterocycles. The van der Waals surface area contributed by atoms with E-state index in [0.29, 0.717) is 22.5 Å². The van der Waals surface area contributed by atoms with E-state index in [0.717, 1.165) is 0 Å². The summed E-state index contributed by atoms with van der Waals surface area (Å²) < 4.78 is 33.4. The zero-order valence-corrected chi connectivity index (χ0v) is 26.3. The van der Waals surface area contributed by atoms with Crippen LogP contribution in [0.3, 0.4) is 0 Å². The highest BCUT2D eigenvalue weighted by Crippen LogP contribution is 2.38. The molecule has 17 heteroatoms. The number of fused-ring (bicyclic) bond motifs is 2. The van der Waals surface area contributed by atoms with Gasteiger partial charge in [-0.2, -0.15) is 0 Å². The van der Waals surface area contributed by atoms with Crippen LogP contribution < -0.4 is 11.3 Å². The predicted molar refractivity (Wildman–Crippen MR) is 169 cm³/mol. The zero-order valence-electron chi connectivity index (χ0n) is 25.5. The lowest BCUT2D eigenvalue weighted by Crippen LogP contribution is -2.61. The Morgan fingerprint density at radius 2 is 1.02 bits per heavy atom. The molecule has 2 aromatic carbocycles. The molecular weight excluding hydrogens is 672 g/mol. The Morgan fingerprint density at radius 3 is 1.41 bits per heavy atom. The van der Waals surface area contributed by atoms with Gasteiger partial charge in [0.2, 0.25) is 0 Å². The van der Waals surface area contributed by atoms with Crippen molar-refractivity contribution in [1.82, 2.24) is 0 Å². The van der Waals surface area contributed by atoms with Crippen LogP contribution in [0.2, 0.25) is 0 Å². The van der Waals surface area contributed by atoms with Crippen molar-refractivity contribution in [3.8, 4) is 11.5 Å². The van der Waals surface area contributed by atoms with Crippen molar-refractivity contribution in [1.29, 1.82) is 0 Å². The quantitative estimate of drug-likeness (QED) is 0.0957. The third kappa shape index (κ3) is 7.33. The largest absolute Gasteiger partial charge is 0.508 e. The highest BCUT2D eigenvalue weighted by molar-refractivity contribution is 8.00. The molecule has 0 aliphatic carbocycles. The second-order valence-corrected chi connectivity index (χ2v) is 12.9. The fraction of sp³-hybridized carbons (Fsp3) is 0.438. The first-order valence-electron chi connectivity index (χ1n) is 15.1. The van der Waals surface area contributed by atoms with Crippen LogP contribution in [0.4, 0.5) is 0 Å². The smallest absolute Gasteiger partial charge is 0.341 e. The average molecular weight is 707 g/mol. The first kappa shape index (κ1) is 35.2. The normalized spacial score (nSPS) is 30.6. The average Bonchev–Trinajstić information content (AvgIpc) is 3.07. The number of rotatable bonds is 10. The summed E-state index contributed by atoms with van der Waals surface area (Å²) >= 11 is 0.707. The van der Waals surface area contributed by atoms with Gasteiger partial charge in [0, 0.05) is 22.9 Å². The van der Waals surface area contributed by atoms with Gasteiger partial charge in [0.05, 0.1) is 37.6 Å². The summed E-state index contributed by atoms with van der Waals surface area (Å²) in [5.41, 5.74) is -3.84. The number of hydrogen-bond donors (Lipinski definition) is 8. The van der Waals surface area contributed by atoms with E-state index in [-0.39, 0.29) is 33.8 Å². The monoisotopic (exact) mass is 706 g/mol. The van der Waals surface area contributed by atoms with E-state index in [2.05, 4.69) is 0 Å². The first-order chi connectivity index (χ1) is 23.5. The molecule has 0 radical (unpaired) electrons. The molecule has 2 fully saturated rings. The van der Waals surface area contributed by atoms with Crippen LogP contribution in [0, 0.1) is 0 Å². The van der Waals surface area contributed by atoms with Crippen molar-refractivity contribution in [2.75, 3.05) is 13.2 Å². The van der Waals surface area contributed by atoms with Gasteiger partial charge in [-0.3, -0.25) is 0 Å². The molecule has 10 atom stereocenters. The summed E-state index contributed by atoms with van der Waals surface area (Å²) in [4.78, 5) is 25.1. The second kappa shape index (κ2) is 14.7. The molecule has 6 rings (SSSR count). The minimum absolute atomic E-state index is 0.0400. The maximum absolute atomic E-state index is 12.6. The maximum atomic E-state index is 12.6. The van der Waals surface area contributed by atoms with Gasteiger partial charge in [0.25, 0.3) is 0 Å². The van der Waals surface area contributed by atoms with E-state index >= 15 is 0 Å². The first-order valence-corrected chi connectivity index (χ1v) is 16.1. The van der Waals surface area contributed by atoms with E-state index in [9.17, 15) is 50.4 Å². The van der Waals surface area contributed by atoms with Gasteiger partial charge in [-0.1, -0.05) is 11.8 Å². The minimum Gasteiger partial charge on any atom is -0.508 e. The highest BCUT2D eigenvalue weighted by atomic mass is 32.2. The third-order valence-corrected chi connectivity index (χ3v) is 9.67. The fourth-order valence-corrected chi connectivity index (χ4v) is 7.03. The molecule has 2 aliphatic heterocycles. The van der Waals surface area contributed by atoms with Crippen LogP contribution in [-0.4, -0.2) is 114 Å². The summed E-state index contributed by atoms with van der Waals surface area (Å²) in [6.07, 6.45) is -11.7. The van der Waals surface area contributed by atoms with Crippen LogP contribution in [0.15, 0.2) is 67.0 Å². The number of aliphatic hydroxyl groups is 6. The van der Waals surface area contributed by atoms with Gasteiger partial charge in [-0.25, -0.2) is 9.59 Å². The van der Waals surface area contributed by atoms with E-state index < -0.39 is 97.4 Å². The third-order valence-electron chi connectivity index (χ3n) is 8.36. The summed E-state index contributed by atoms with van der Waals surface area (Å²) in [5.74, 6) is -0.201. The zero-order chi connectivity index (χ0) is 35.0. The molecule has 2 saturated heterocycles. The molecule has 2 aromatic heterocycles. The Kier molecular flexibility index (Phi) is 10.6. The van der Waals surface area contributed by atoms with Gasteiger partial charge >= 0.3 is 11.3 Å². The van der Waals surface area contributed by atoms with E-state index in [1.807, 2.05) is 0 Å². The molecule has 264 valence electrons. The van der Waals surface area contributed by atoms with Gasteiger partial charge in [0.15, 0.2) is 0 Å². The van der Waals surface area contributed by atoms with Crippen molar-refractivity contribution in [3.05, 3.63) is 80.5 Å². The topological polar surface area (TPSA) is 259 Å². The Bertz CT molecular complexity index is 1760. The molecule has 0 unspecified atom stereocenters. The molecular formula is C32H34O16S. The number of phenols is 2. The number of hydrogen-bond acceptors (Lipinski definition) is 17. The maximum Gasteiger partial charge on any atom is 0.341 e. The number of phenolic OH excluding ortho intramolecular Hbond substituents is 2. The van der Waals surface area contributed by atoms with E-state index in [4.69, 9.17) is 27.8 Å². The summed E-state index contributed by atoms with van der Waals surface area (Å²) in [7, 11) is 0. The van der Waals surface area contributed by atoms with Gasteiger partial charge in [0.1, 0.15) is 82.4 Å². The van der Waals surface area contributed by atoms with E-state index in [1.54, 1.807) is 0 Å². The predicted octanol–water partition coefficient (Wildman–Crippen LogP) is -0.608. The van der Waals surface area contributed by atoms with Crippen molar-refractivity contribution < 1.29 is 68.6 Å².